The average Bonchev–Trinajstić information content (AvgIpc) is 2.93. The van der Waals surface area contributed by atoms with Crippen LogP contribution in [0.1, 0.15) is 22.3 Å². The van der Waals surface area contributed by atoms with Crippen LogP contribution in [0.4, 0.5) is 0 Å². The number of hydrogen-bond acceptors (Lipinski definition) is 5. The van der Waals surface area contributed by atoms with Gasteiger partial charge in [-0.1, -0.05) is 6.07 Å². The Morgan fingerprint density at radius 3 is 2.75 bits per heavy atom. The molecule has 1 fully saturated rings. The van der Waals surface area contributed by atoms with E-state index in [1.54, 1.807) is 17.9 Å². The molecule has 1 aliphatic heterocycles. The minimum Gasteiger partial charge on any atom is -0.383 e. The molecule has 1 saturated heterocycles. The van der Waals surface area contributed by atoms with Crippen LogP contribution in [-0.4, -0.2) is 58.6 Å². The summed E-state index contributed by atoms with van der Waals surface area (Å²) in [5.41, 5.74) is 6.97. The minimum atomic E-state index is -3.67. The Morgan fingerprint density at radius 1 is 1.46 bits per heavy atom. The number of benzene rings is 1. The third kappa shape index (κ3) is 4.90. The van der Waals surface area contributed by atoms with Crippen LogP contribution in [0.25, 0.3) is 0 Å². The topological polar surface area (TPSA) is 102 Å². The van der Waals surface area contributed by atoms with Crippen LogP contribution in [0, 0.1) is 6.92 Å². The quantitative estimate of drug-likeness (QED) is 0.703. The molecule has 0 saturated carbocycles. The van der Waals surface area contributed by atoms with Crippen molar-refractivity contribution in [3.8, 4) is 0 Å². The Bertz CT molecular complexity index is 681. The normalized spacial score (nSPS) is 17.6. The van der Waals surface area contributed by atoms with Gasteiger partial charge in [-0.3, -0.25) is 4.79 Å². The number of nitrogens with two attached hydrogens (primary N) is 1. The fourth-order valence-corrected chi connectivity index (χ4v) is 3.54. The monoisotopic (exact) mass is 377 g/mol. The summed E-state index contributed by atoms with van der Waals surface area (Å²) in [6.45, 7) is 3.35. The number of halogens is 1. The second kappa shape index (κ2) is 8.77. The molecule has 1 amide bonds. The second-order valence-electron chi connectivity index (χ2n) is 5.67. The maximum absolute atomic E-state index is 12.6. The molecule has 0 spiro atoms. The van der Waals surface area contributed by atoms with Gasteiger partial charge in [0, 0.05) is 38.3 Å². The highest BCUT2D eigenvalue weighted by atomic mass is 35.5. The fourth-order valence-electron chi connectivity index (χ4n) is 2.50. The Hall–Kier alpha value is -1.19. The largest absolute Gasteiger partial charge is 0.383 e. The summed E-state index contributed by atoms with van der Waals surface area (Å²) < 4.78 is 31.8. The molecule has 0 aromatic heterocycles. The molecule has 0 aliphatic carbocycles. The number of likely N-dealkylation sites (tertiary alicyclic amines) is 1. The van der Waals surface area contributed by atoms with Gasteiger partial charge in [-0.05, 0) is 31.0 Å². The first-order valence-electron chi connectivity index (χ1n) is 7.49. The van der Waals surface area contributed by atoms with Gasteiger partial charge in [0.05, 0.1) is 11.5 Å². The van der Waals surface area contributed by atoms with Crippen LogP contribution in [0.2, 0.25) is 0 Å². The van der Waals surface area contributed by atoms with Crippen LogP contribution in [0.3, 0.4) is 0 Å². The predicted molar refractivity (Wildman–Crippen MR) is 94.0 cm³/mol. The lowest BCUT2D eigenvalue weighted by molar-refractivity contribution is 0.0790. The maximum Gasteiger partial charge on any atom is 0.254 e. The number of sulfonamides is 1. The first-order chi connectivity index (χ1) is 10.8. The lowest BCUT2D eigenvalue weighted by Crippen LogP contribution is -2.32. The van der Waals surface area contributed by atoms with Crippen LogP contribution >= 0.6 is 12.4 Å². The lowest BCUT2D eigenvalue weighted by Gasteiger charge is -2.18. The number of nitrogens with zero attached hydrogens (tertiary/aromatic N) is 1. The van der Waals surface area contributed by atoms with Gasteiger partial charge in [-0.2, -0.15) is 0 Å². The number of aryl methyl sites for hydroxylation is 1. The highest BCUT2D eigenvalue weighted by Crippen LogP contribution is 2.19. The van der Waals surface area contributed by atoms with Gasteiger partial charge in [0.1, 0.15) is 0 Å². The van der Waals surface area contributed by atoms with E-state index >= 15 is 0 Å². The van der Waals surface area contributed by atoms with Gasteiger partial charge in [0.2, 0.25) is 10.0 Å². The minimum absolute atomic E-state index is 0. The molecule has 24 heavy (non-hydrogen) atoms. The van der Waals surface area contributed by atoms with Crippen molar-refractivity contribution in [3.63, 3.8) is 0 Å². The zero-order valence-electron chi connectivity index (χ0n) is 13.8. The van der Waals surface area contributed by atoms with E-state index in [1.165, 1.54) is 19.2 Å². The number of carbonyl (C=O) groups excluding carboxylic acids is 1. The molecule has 0 bridgehead atoms. The molecule has 1 aliphatic rings. The van der Waals surface area contributed by atoms with Gasteiger partial charge in [0.25, 0.3) is 5.91 Å². The smallest absolute Gasteiger partial charge is 0.254 e. The Balaban J connectivity index is 0.00000288. The molecule has 1 atom stereocenters. The summed E-state index contributed by atoms with van der Waals surface area (Å²) in [5.74, 6) is -0.176. The van der Waals surface area contributed by atoms with Gasteiger partial charge in [-0.15, -0.1) is 12.4 Å². The molecule has 0 radical (unpaired) electrons. The zero-order valence-corrected chi connectivity index (χ0v) is 15.5. The van der Waals surface area contributed by atoms with E-state index in [-0.39, 0.29) is 42.4 Å². The summed E-state index contributed by atoms with van der Waals surface area (Å²) in [5, 5.41) is 0. The Labute approximate surface area is 149 Å². The lowest BCUT2D eigenvalue weighted by atomic mass is 10.1. The van der Waals surface area contributed by atoms with Gasteiger partial charge < -0.3 is 15.4 Å². The van der Waals surface area contributed by atoms with Crippen LogP contribution < -0.4 is 10.5 Å². The molecule has 0 unspecified atom stereocenters. The molecular formula is C15H24ClN3O4S. The molecule has 7 nitrogen and oxygen atoms in total. The number of rotatable bonds is 6. The first-order valence-corrected chi connectivity index (χ1v) is 8.97. The molecule has 2 rings (SSSR count). The molecule has 1 aromatic carbocycles. The van der Waals surface area contributed by atoms with E-state index in [1.807, 2.05) is 0 Å². The van der Waals surface area contributed by atoms with E-state index in [2.05, 4.69) is 4.72 Å². The summed E-state index contributed by atoms with van der Waals surface area (Å²) in [6.07, 6.45) is 0.765. The number of nitrogens with one attached hydrogen (secondary N) is 1. The Kier molecular flexibility index (Phi) is 7.62. The molecule has 136 valence electrons. The molecule has 3 N–H and O–H groups in total. The number of carbonyl (C=O) groups is 1. The van der Waals surface area contributed by atoms with Crippen molar-refractivity contribution in [3.05, 3.63) is 29.3 Å². The van der Waals surface area contributed by atoms with Crippen molar-refractivity contribution >= 4 is 28.3 Å². The standard InChI is InChI=1S/C15H23N3O4S.ClH/c1-11-3-4-13(23(20,21)17-6-8-22-2)9-14(11)15(19)18-7-5-12(16)10-18;/h3-4,9,12,17H,5-8,10,16H2,1-2H3;1H/t12-;/m1./s1. The third-order valence-electron chi connectivity index (χ3n) is 3.86. The first kappa shape index (κ1) is 20.9. The fraction of sp³-hybridized carbons (Fsp3) is 0.533. The second-order valence-corrected chi connectivity index (χ2v) is 7.43. The van der Waals surface area contributed by atoms with Crippen LogP contribution in [0.15, 0.2) is 23.1 Å². The van der Waals surface area contributed by atoms with E-state index in [9.17, 15) is 13.2 Å². The summed E-state index contributed by atoms with van der Waals surface area (Å²) in [6, 6.07) is 4.56. The predicted octanol–water partition coefficient (Wildman–Crippen LogP) is 0.515. The SMILES string of the molecule is COCCNS(=O)(=O)c1ccc(C)c(C(=O)N2CC[C@@H](N)C2)c1.Cl. The Morgan fingerprint density at radius 2 is 2.17 bits per heavy atom. The molecule has 9 heteroatoms. The van der Waals surface area contributed by atoms with Gasteiger partial charge in [-0.25, -0.2) is 13.1 Å². The number of hydrogen-bond donors (Lipinski definition) is 2. The number of methoxy groups -OCH3 is 1. The van der Waals surface area contributed by atoms with E-state index < -0.39 is 10.0 Å². The summed E-state index contributed by atoms with van der Waals surface area (Å²) in [7, 11) is -2.17. The van der Waals surface area contributed by atoms with Gasteiger partial charge in [0.15, 0.2) is 0 Å². The molecule has 1 heterocycles. The number of amides is 1. The number of ether oxygens (including phenoxy) is 1. The van der Waals surface area contributed by atoms with Gasteiger partial charge >= 0.3 is 0 Å². The maximum atomic E-state index is 12.6. The average molecular weight is 378 g/mol. The van der Waals surface area contributed by atoms with Crippen molar-refractivity contribution in [2.75, 3.05) is 33.4 Å². The van der Waals surface area contributed by atoms with Crippen LogP contribution in [0.5, 0.6) is 0 Å². The molecule has 1 aromatic rings. The zero-order chi connectivity index (χ0) is 17.0. The van der Waals surface area contributed by atoms with E-state index in [0.717, 1.165) is 12.0 Å². The van der Waals surface area contributed by atoms with Crippen molar-refractivity contribution < 1.29 is 17.9 Å². The molecular weight excluding hydrogens is 354 g/mol. The summed E-state index contributed by atoms with van der Waals surface area (Å²) in [4.78, 5) is 14.3. The van der Waals surface area contributed by atoms with E-state index in [4.69, 9.17) is 10.5 Å². The van der Waals surface area contributed by atoms with Crippen molar-refractivity contribution in [2.24, 2.45) is 5.73 Å². The van der Waals surface area contributed by atoms with E-state index in [0.29, 0.717) is 18.7 Å². The third-order valence-corrected chi connectivity index (χ3v) is 5.32. The van der Waals surface area contributed by atoms with Crippen molar-refractivity contribution in [2.45, 2.75) is 24.3 Å². The summed E-state index contributed by atoms with van der Waals surface area (Å²) >= 11 is 0. The van der Waals surface area contributed by atoms with Crippen molar-refractivity contribution in [1.82, 2.24) is 9.62 Å². The highest BCUT2D eigenvalue weighted by Gasteiger charge is 2.26. The van der Waals surface area contributed by atoms with Crippen LogP contribution in [-0.2, 0) is 14.8 Å². The van der Waals surface area contributed by atoms with Crippen molar-refractivity contribution in [1.29, 1.82) is 0 Å². The highest BCUT2D eigenvalue weighted by molar-refractivity contribution is 7.89.